The maximum Gasteiger partial charge on any atom is 0.175 e. The van der Waals surface area contributed by atoms with Gasteiger partial charge in [0.1, 0.15) is 0 Å². The normalized spacial score (nSPS) is 11.7. The van der Waals surface area contributed by atoms with Crippen LogP contribution in [0.2, 0.25) is 0 Å². The van der Waals surface area contributed by atoms with E-state index in [0.717, 1.165) is 24.0 Å². The maximum absolute atomic E-state index is 8.64. The van der Waals surface area contributed by atoms with Gasteiger partial charge in [-0.05, 0) is 18.4 Å². The van der Waals surface area contributed by atoms with E-state index in [1.165, 1.54) is 12.8 Å². The number of hydrogen-bond donors (Lipinski definition) is 1. The molecule has 0 saturated carbocycles. The monoisotopic (exact) mass is 225 g/mol. The first-order chi connectivity index (χ1) is 7.29. The molecule has 0 aromatic heterocycles. The van der Waals surface area contributed by atoms with Crippen LogP contribution in [0.3, 0.4) is 0 Å². The van der Waals surface area contributed by atoms with Crippen molar-refractivity contribution < 1.29 is 5.21 Å². The number of benzene rings is 1. The second-order valence-electron chi connectivity index (χ2n) is 3.51. The van der Waals surface area contributed by atoms with Gasteiger partial charge in [-0.25, -0.2) is 0 Å². The van der Waals surface area contributed by atoms with Crippen LogP contribution in [0.4, 0.5) is 0 Å². The SMILES string of the molecule is CCCCCc1ccccc1C(Cl)=NO. The van der Waals surface area contributed by atoms with Crippen LogP contribution in [0.5, 0.6) is 0 Å². The van der Waals surface area contributed by atoms with Gasteiger partial charge >= 0.3 is 0 Å². The zero-order valence-electron chi connectivity index (χ0n) is 8.91. The average Bonchev–Trinajstić information content (AvgIpc) is 2.29. The van der Waals surface area contributed by atoms with Crippen LogP contribution in [0.15, 0.2) is 29.4 Å². The number of halogens is 1. The van der Waals surface area contributed by atoms with E-state index in [4.69, 9.17) is 16.8 Å². The molecule has 1 N–H and O–H groups in total. The van der Waals surface area contributed by atoms with Crippen molar-refractivity contribution >= 4 is 16.8 Å². The molecule has 0 heterocycles. The second-order valence-corrected chi connectivity index (χ2v) is 3.86. The Kier molecular flexibility index (Phi) is 5.19. The first-order valence-electron chi connectivity index (χ1n) is 5.25. The van der Waals surface area contributed by atoms with Crippen LogP contribution in [0.25, 0.3) is 0 Å². The molecule has 0 spiro atoms. The highest BCUT2D eigenvalue weighted by atomic mass is 35.5. The zero-order chi connectivity index (χ0) is 11.1. The third-order valence-electron chi connectivity index (χ3n) is 2.38. The molecule has 3 heteroatoms. The molecule has 0 radical (unpaired) electrons. The fourth-order valence-electron chi connectivity index (χ4n) is 1.56. The molecule has 1 rings (SSSR count). The predicted octanol–water partition coefficient (Wildman–Crippen LogP) is 3.79. The molecule has 1 aromatic carbocycles. The molecule has 2 nitrogen and oxygen atoms in total. The molecule has 0 bridgehead atoms. The van der Waals surface area contributed by atoms with E-state index < -0.39 is 0 Å². The van der Waals surface area contributed by atoms with Gasteiger partial charge in [0.2, 0.25) is 0 Å². The zero-order valence-corrected chi connectivity index (χ0v) is 9.67. The van der Waals surface area contributed by atoms with E-state index in [1.807, 2.05) is 24.3 Å². The van der Waals surface area contributed by atoms with Gasteiger partial charge in [-0.3, -0.25) is 0 Å². The first kappa shape index (κ1) is 12.1. The molecule has 82 valence electrons. The van der Waals surface area contributed by atoms with Gasteiger partial charge < -0.3 is 5.21 Å². The lowest BCUT2D eigenvalue weighted by molar-refractivity contribution is 0.321. The standard InChI is InChI=1S/C12H16ClNO/c1-2-3-4-7-10-8-5-6-9-11(10)12(13)14-15/h5-6,8-9,15H,2-4,7H2,1H3. The van der Waals surface area contributed by atoms with Crippen LogP contribution in [-0.2, 0) is 6.42 Å². The Morgan fingerprint density at radius 1 is 1.33 bits per heavy atom. The van der Waals surface area contributed by atoms with Crippen molar-refractivity contribution in [2.75, 3.05) is 0 Å². The quantitative estimate of drug-likeness (QED) is 0.352. The van der Waals surface area contributed by atoms with Gasteiger partial charge in [0.15, 0.2) is 5.17 Å². The van der Waals surface area contributed by atoms with Gasteiger partial charge in [0.05, 0.1) is 0 Å². The van der Waals surface area contributed by atoms with Crippen LogP contribution < -0.4 is 0 Å². The summed E-state index contributed by atoms with van der Waals surface area (Å²) in [5, 5.41) is 11.8. The Morgan fingerprint density at radius 3 is 2.73 bits per heavy atom. The number of hydrogen-bond acceptors (Lipinski definition) is 2. The molecule has 0 atom stereocenters. The fourth-order valence-corrected chi connectivity index (χ4v) is 1.74. The van der Waals surface area contributed by atoms with E-state index in [2.05, 4.69) is 12.1 Å². The first-order valence-corrected chi connectivity index (χ1v) is 5.63. The van der Waals surface area contributed by atoms with Crippen LogP contribution >= 0.6 is 11.6 Å². The van der Waals surface area contributed by atoms with E-state index in [-0.39, 0.29) is 5.17 Å². The highest BCUT2D eigenvalue weighted by Gasteiger charge is 2.06. The molecule has 1 aromatic rings. The van der Waals surface area contributed by atoms with E-state index in [1.54, 1.807) is 0 Å². The fraction of sp³-hybridized carbons (Fsp3) is 0.417. The highest BCUT2D eigenvalue weighted by Crippen LogP contribution is 2.15. The summed E-state index contributed by atoms with van der Waals surface area (Å²) in [4.78, 5) is 0. The number of nitrogens with zero attached hydrogens (tertiary/aromatic N) is 1. The Balaban J connectivity index is 2.77. The Bertz CT molecular complexity index is 336. The number of oxime groups is 1. The molecule has 0 aliphatic carbocycles. The predicted molar refractivity (Wildman–Crippen MR) is 63.8 cm³/mol. The minimum absolute atomic E-state index is 0.169. The van der Waals surface area contributed by atoms with E-state index in [9.17, 15) is 0 Å². The smallest absolute Gasteiger partial charge is 0.175 e. The Morgan fingerprint density at radius 2 is 2.07 bits per heavy atom. The van der Waals surface area contributed by atoms with Gasteiger partial charge in [-0.1, -0.05) is 60.8 Å². The molecular formula is C12H16ClNO. The van der Waals surface area contributed by atoms with E-state index in [0.29, 0.717) is 0 Å². The summed E-state index contributed by atoms with van der Waals surface area (Å²) in [5.41, 5.74) is 1.98. The van der Waals surface area contributed by atoms with Crippen molar-refractivity contribution in [1.29, 1.82) is 0 Å². The van der Waals surface area contributed by atoms with Gasteiger partial charge in [-0.2, -0.15) is 0 Å². The minimum Gasteiger partial charge on any atom is -0.410 e. The van der Waals surface area contributed by atoms with Gasteiger partial charge in [-0.15, -0.1) is 0 Å². The molecule has 0 amide bonds. The van der Waals surface area contributed by atoms with E-state index >= 15 is 0 Å². The number of unbranched alkanes of at least 4 members (excludes halogenated alkanes) is 2. The molecule has 0 saturated heterocycles. The number of rotatable bonds is 5. The van der Waals surface area contributed by atoms with Crippen molar-refractivity contribution in [2.24, 2.45) is 5.16 Å². The lowest BCUT2D eigenvalue weighted by Crippen LogP contribution is -1.98. The van der Waals surface area contributed by atoms with Crippen molar-refractivity contribution in [3.05, 3.63) is 35.4 Å². The van der Waals surface area contributed by atoms with Crippen LogP contribution in [-0.4, -0.2) is 10.4 Å². The summed E-state index contributed by atoms with van der Waals surface area (Å²) in [6.45, 7) is 2.17. The van der Waals surface area contributed by atoms with Gasteiger partial charge in [0.25, 0.3) is 0 Å². The summed E-state index contributed by atoms with van der Waals surface area (Å²) >= 11 is 5.81. The topological polar surface area (TPSA) is 32.6 Å². The Labute approximate surface area is 95.6 Å². The van der Waals surface area contributed by atoms with Crippen molar-refractivity contribution in [2.45, 2.75) is 32.6 Å². The summed E-state index contributed by atoms with van der Waals surface area (Å²) in [7, 11) is 0. The molecule has 0 unspecified atom stereocenters. The van der Waals surface area contributed by atoms with Crippen molar-refractivity contribution in [3.8, 4) is 0 Å². The lowest BCUT2D eigenvalue weighted by atomic mass is 10.0. The third-order valence-corrected chi connectivity index (χ3v) is 2.66. The molecule has 15 heavy (non-hydrogen) atoms. The summed E-state index contributed by atoms with van der Waals surface area (Å²) in [6, 6.07) is 7.78. The summed E-state index contributed by atoms with van der Waals surface area (Å²) in [6.07, 6.45) is 4.53. The highest BCUT2D eigenvalue weighted by molar-refractivity contribution is 6.69. The minimum atomic E-state index is 0.169. The molecule has 0 aliphatic rings. The summed E-state index contributed by atoms with van der Waals surface area (Å²) < 4.78 is 0. The van der Waals surface area contributed by atoms with Crippen molar-refractivity contribution in [3.63, 3.8) is 0 Å². The van der Waals surface area contributed by atoms with Crippen molar-refractivity contribution in [1.82, 2.24) is 0 Å². The second kappa shape index (κ2) is 6.46. The molecule has 0 aliphatic heterocycles. The average molecular weight is 226 g/mol. The van der Waals surface area contributed by atoms with Gasteiger partial charge in [0, 0.05) is 5.56 Å². The Hall–Kier alpha value is -1.02. The maximum atomic E-state index is 8.64. The lowest BCUT2D eigenvalue weighted by Gasteiger charge is -2.06. The molecular weight excluding hydrogens is 210 g/mol. The van der Waals surface area contributed by atoms with Crippen LogP contribution in [0.1, 0.15) is 37.3 Å². The summed E-state index contributed by atoms with van der Waals surface area (Å²) in [5.74, 6) is 0. The third kappa shape index (κ3) is 3.56. The number of aryl methyl sites for hydroxylation is 1. The largest absolute Gasteiger partial charge is 0.410 e. The molecule has 0 fully saturated rings. The van der Waals surface area contributed by atoms with Crippen LogP contribution in [0, 0.1) is 0 Å².